The van der Waals surface area contributed by atoms with Crippen LogP contribution in [-0.4, -0.2) is 10.1 Å². The molecule has 0 atom stereocenters. The number of hydrogen-bond donors (Lipinski definition) is 2. The van der Waals surface area contributed by atoms with Crippen molar-refractivity contribution in [1.29, 1.82) is 0 Å². The van der Waals surface area contributed by atoms with Gasteiger partial charge in [0.2, 0.25) is 0 Å². The minimum atomic E-state index is 0.0676. The molecule has 0 radical (unpaired) electrons. The Hall–Kier alpha value is -0.800. The molecule has 0 aliphatic carbocycles. The van der Waals surface area contributed by atoms with Gasteiger partial charge in [-0.25, -0.2) is 0 Å². The SMILES string of the molecule is Cc1c(CO)[nH]c2cc(Br)ccc12. The van der Waals surface area contributed by atoms with E-state index in [0.29, 0.717) is 0 Å². The molecule has 13 heavy (non-hydrogen) atoms. The van der Waals surface area contributed by atoms with Gasteiger partial charge in [-0.05, 0) is 24.6 Å². The molecular formula is C10H10BrNO. The summed E-state index contributed by atoms with van der Waals surface area (Å²) in [5.74, 6) is 0. The molecule has 1 aromatic heterocycles. The van der Waals surface area contributed by atoms with E-state index in [9.17, 15) is 0 Å². The van der Waals surface area contributed by atoms with Gasteiger partial charge in [0, 0.05) is 21.1 Å². The van der Waals surface area contributed by atoms with Crippen LogP contribution >= 0.6 is 15.9 Å². The van der Waals surface area contributed by atoms with Crippen molar-refractivity contribution in [3.63, 3.8) is 0 Å². The molecule has 68 valence electrons. The van der Waals surface area contributed by atoms with Crippen molar-refractivity contribution in [1.82, 2.24) is 4.98 Å². The number of rotatable bonds is 1. The van der Waals surface area contributed by atoms with Gasteiger partial charge in [0.05, 0.1) is 6.61 Å². The highest BCUT2D eigenvalue weighted by Gasteiger charge is 2.05. The molecule has 0 unspecified atom stereocenters. The Labute approximate surface area is 84.7 Å². The predicted molar refractivity (Wildman–Crippen MR) is 56.7 cm³/mol. The first-order valence-corrected chi connectivity index (χ1v) is 4.89. The maximum atomic E-state index is 9.05. The number of hydrogen-bond acceptors (Lipinski definition) is 1. The molecule has 0 saturated carbocycles. The fourth-order valence-electron chi connectivity index (χ4n) is 1.52. The summed E-state index contributed by atoms with van der Waals surface area (Å²) in [6, 6.07) is 6.07. The zero-order valence-electron chi connectivity index (χ0n) is 7.26. The number of H-pyrrole nitrogens is 1. The second-order valence-corrected chi connectivity index (χ2v) is 3.99. The summed E-state index contributed by atoms with van der Waals surface area (Å²) in [6.45, 7) is 2.08. The molecule has 2 N–H and O–H groups in total. The summed E-state index contributed by atoms with van der Waals surface area (Å²) in [5.41, 5.74) is 3.09. The molecule has 0 saturated heterocycles. The van der Waals surface area contributed by atoms with Crippen LogP contribution in [-0.2, 0) is 6.61 Å². The predicted octanol–water partition coefficient (Wildman–Crippen LogP) is 2.73. The smallest absolute Gasteiger partial charge is 0.0833 e. The summed E-state index contributed by atoms with van der Waals surface area (Å²) in [6.07, 6.45) is 0. The van der Waals surface area contributed by atoms with Crippen molar-refractivity contribution in [2.45, 2.75) is 13.5 Å². The molecule has 2 aromatic rings. The lowest BCUT2D eigenvalue weighted by Gasteiger charge is -1.92. The Morgan fingerprint density at radius 1 is 1.46 bits per heavy atom. The van der Waals surface area contributed by atoms with Gasteiger partial charge < -0.3 is 10.1 Å². The number of aromatic nitrogens is 1. The molecule has 1 heterocycles. The minimum Gasteiger partial charge on any atom is -0.390 e. The third-order valence-corrected chi connectivity index (χ3v) is 2.78. The number of benzene rings is 1. The van der Waals surface area contributed by atoms with E-state index in [1.54, 1.807) is 0 Å². The van der Waals surface area contributed by atoms with E-state index >= 15 is 0 Å². The topological polar surface area (TPSA) is 36.0 Å². The van der Waals surface area contributed by atoms with Crippen molar-refractivity contribution in [2.75, 3.05) is 0 Å². The third kappa shape index (κ3) is 1.38. The number of aromatic amines is 1. The van der Waals surface area contributed by atoms with Crippen molar-refractivity contribution in [3.05, 3.63) is 33.9 Å². The molecule has 0 amide bonds. The minimum absolute atomic E-state index is 0.0676. The van der Waals surface area contributed by atoms with Gasteiger partial charge in [-0.3, -0.25) is 0 Å². The van der Waals surface area contributed by atoms with E-state index in [4.69, 9.17) is 5.11 Å². The summed E-state index contributed by atoms with van der Waals surface area (Å²) in [4.78, 5) is 3.17. The van der Waals surface area contributed by atoms with Crippen LogP contribution < -0.4 is 0 Å². The van der Waals surface area contributed by atoms with Gasteiger partial charge in [-0.1, -0.05) is 22.0 Å². The lowest BCUT2D eigenvalue weighted by atomic mass is 10.1. The zero-order valence-corrected chi connectivity index (χ0v) is 8.85. The Kier molecular flexibility index (Phi) is 2.14. The fourth-order valence-corrected chi connectivity index (χ4v) is 1.88. The number of nitrogens with one attached hydrogen (secondary N) is 1. The van der Waals surface area contributed by atoms with Gasteiger partial charge in [0.1, 0.15) is 0 Å². The second-order valence-electron chi connectivity index (χ2n) is 3.08. The number of aliphatic hydroxyl groups excluding tert-OH is 1. The van der Waals surface area contributed by atoms with Crippen LogP contribution in [0.4, 0.5) is 0 Å². The molecule has 0 fully saturated rings. The molecular weight excluding hydrogens is 230 g/mol. The van der Waals surface area contributed by atoms with Crippen molar-refractivity contribution in [3.8, 4) is 0 Å². The Morgan fingerprint density at radius 2 is 2.23 bits per heavy atom. The number of aliphatic hydroxyl groups is 1. The zero-order chi connectivity index (χ0) is 9.42. The van der Waals surface area contributed by atoms with Crippen LogP contribution in [0.3, 0.4) is 0 Å². The number of aryl methyl sites for hydroxylation is 1. The molecule has 0 spiro atoms. The van der Waals surface area contributed by atoms with Gasteiger partial charge in [0.15, 0.2) is 0 Å². The molecule has 2 nitrogen and oxygen atoms in total. The van der Waals surface area contributed by atoms with E-state index in [1.165, 1.54) is 5.39 Å². The van der Waals surface area contributed by atoms with Gasteiger partial charge in [-0.15, -0.1) is 0 Å². The first kappa shape index (κ1) is 8.78. The van der Waals surface area contributed by atoms with Crippen molar-refractivity contribution >= 4 is 26.8 Å². The second kappa shape index (κ2) is 3.16. The lowest BCUT2D eigenvalue weighted by Crippen LogP contribution is -1.83. The highest BCUT2D eigenvalue weighted by Crippen LogP contribution is 2.24. The normalized spacial score (nSPS) is 11.0. The molecule has 0 bridgehead atoms. The maximum Gasteiger partial charge on any atom is 0.0833 e. The van der Waals surface area contributed by atoms with Crippen molar-refractivity contribution in [2.24, 2.45) is 0 Å². The van der Waals surface area contributed by atoms with E-state index < -0.39 is 0 Å². The van der Waals surface area contributed by atoms with Gasteiger partial charge in [0.25, 0.3) is 0 Å². The number of halogens is 1. The fraction of sp³-hybridized carbons (Fsp3) is 0.200. The summed E-state index contributed by atoms with van der Waals surface area (Å²) >= 11 is 3.41. The molecule has 1 aromatic carbocycles. The van der Waals surface area contributed by atoms with Crippen LogP contribution in [0.2, 0.25) is 0 Å². The van der Waals surface area contributed by atoms with E-state index in [-0.39, 0.29) is 6.61 Å². The largest absolute Gasteiger partial charge is 0.390 e. The third-order valence-electron chi connectivity index (χ3n) is 2.28. The van der Waals surface area contributed by atoms with E-state index in [1.807, 2.05) is 25.1 Å². The molecule has 3 heteroatoms. The monoisotopic (exact) mass is 239 g/mol. The Bertz CT molecular complexity index is 447. The first-order valence-electron chi connectivity index (χ1n) is 4.10. The average Bonchev–Trinajstić information content (AvgIpc) is 2.42. The van der Waals surface area contributed by atoms with Gasteiger partial charge >= 0.3 is 0 Å². The highest BCUT2D eigenvalue weighted by atomic mass is 79.9. The van der Waals surface area contributed by atoms with Crippen LogP contribution in [0, 0.1) is 6.92 Å². The summed E-state index contributed by atoms with van der Waals surface area (Å²) in [5, 5.41) is 10.2. The molecule has 2 rings (SSSR count). The average molecular weight is 240 g/mol. The standard InChI is InChI=1S/C10H10BrNO/c1-6-8-3-2-7(11)4-9(8)12-10(6)5-13/h2-4,12-13H,5H2,1H3. The number of fused-ring (bicyclic) bond motifs is 1. The Morgan fingerprint density at radius 3 is 2.92 bits per heavy atom. The Balaban J connectivity index is 2.76. The van der Waals surface area contributed by atoms with Crippen molar-refractivity contribution < 1.29 is 5.11 Å². The van der Waals surface area contributed by atoms with E-state index in [0.717, 1.165) is 21.2 Å². The lowest BCUT2D eigenvalue weighted by molar-refractivity contribution is 0.277. The van der Waals surface area contributed by atoms with Crippen LogP contribution in [0.15, 0.2) is 22.7 Å². The first-order chi connectivity index (χ1) is 6.22. The van der Waals surface area contributed by atoms with Crippen LogP contribution in [0.25, 0.3) is 10.9 Å². The molecule has 0 aliphatic heterocycles. The summed E-state index contributed by atoms with van der Waals surface area (Å²) < 4.78 is 1.05. The van der Waals surface area contributed by atoms with Crippen LogP contribution in [0.1, 0.15) is 11.3 Å². The quantitative estimate of drug-likeness (QED) is 0.789. The van der Waals surface area contributed by atoms with Crippen LogP contribution in [0.5, 0.6) is 0 Å². The van der Waals surface area contributed by atoms with E-state index in [2.05, 4.69) is 20.9 Å². The van der Waals surface area contributed by atoms with Gasteiger partial charge in [-0.2, -0.15) is 0 Å². The summed E-state index contributed by atoms with van der Waals surface area (Å²) in [7, 11) is 0. The maximum absolute atomic E-state index is 9.05. The molecule has 0 aliphatic rings. The highest BCUT2D eigenvalue weighted by molar-refractivity contribution is 9.10.